The molecule has 3 aromatic carbocycles. The number of methoxy groups -OCH3 is 1. The first-order valence-corrected chi connectivity index (χ1v) is 10.7. The fourth-order valence-electron chi connectivity index (χ4n) is 3.42. The van der Waals surface area contributed by atoms with Crippen LogP contribution in [0.5, 0.6) is 17.2 Å². The number of para-hydroxylation sites is 3. The first kappa shape index (κ1) is 21.1. The van der Waals surface area contributed by atoms with Gasteiger partial charge in [0, 0.05) is 6.54 Å². The number of rotatable bonds is 10. The van der Waals surface area contributed by atoms with Gasteiger partial charge in [-0.1, -0.05) is 35.9 Å². The van der Waals surface area contributed by atoms with Crippen molar-refractivity contribution in [3.63, 3.8) is 0 Å². The van der Waals surface area contributed by atoms with Crippen LogP contribution in [0.3, 0.4) is 0 Å². The second-order valence-corrected chi connectivity index (χ2v) is 7.53. The molecule has 0 fully saturated rings. The normalized spacial score (nSPS) is 10.9. The monoisotopic (exact) mass is 436 g/mol. The molecule has 0 saturated heterocycles. The Labute approximate surface area is 187 Å². The van der Waals surface area contributed by atoms with Crippen molar-refractivity contribution in [2.24, 2.45) is 0 Å². The minimum atomic E-state index is 0.362. The quantitative estimate of drug-likeness (QED) is 0.280. The maximum Gasteiger partial charge on any atom is 0.147 e. The Morgan fingerprint density at radius 3 is 2.39 bits per heavy atom. The number of hydrogen-bond donors (Lipinski definition) is 0. The van der Waals surface area contributed by atoms with Crippen LogP contribution in [0.4, 0.5) is 0 Å². The van der Waals surface area contributed by atoms with Gasteiger partial charge in [-0.2, -0.15) is 0 Å². The first-order chi connectivity index (χ1) is 15.2. The molecule has 0 unspecified atom stereocenters. The summed E-state index contributed by atoms with van der Waals surface area (Å²) >= 11 is 6.22. The summed E-state index contributed by atoms with van der Waals surface area (Å²) in [5.41, 5.74) is 2.08. The van der Waals surface area contributed by atoms with Crippen molar-refractivity contribution in [2.75, 3.05) is 13.7 Å². The van der Waals surface area contributed by atoms with E-state index in [4.69, 9.17) is 30.8 Å². The number of fused-ring (bicyclic) bond motifs is 1. The smallest absolute Gasteiger partial charge is 0.147 e. The third-order valence-corrected chi connectivity index (χ3v) is 5.34. The Morgan fingerprint density at radius 1 is 0.839 bits per heavy atom. The van der Waals surface area contributed by atoms with E-state index in [0.29, 0.717) is 24.0 Å². The highest BCUT2D eigenvalue weighted by Crippen LogP contribution is 2.25. The summed E-state index contributed by atoms with van der Waals surface area (Å²) in [6, 6.07) is 23.3. The molecule has 0 spiro atoms. The van der Waals surface area contributed by atoms with Crippen molar-refractivity contribution < 1.29 is 14.2 Å². The van der Waals surface area contributed by atoms with Crippen LogP contribution in [-0.4, -0.2) is 23.3 Å². The number of benzene rings is 3. The Hall–Kier alpha value is -3.18. The van der Waals surface area contributed by atoms with Gasteiger partial charge < -0.3 is 18.8 Å². The molecule has 0 aliphatic rings. The number of ether oxygens (including phenoxy) is 3. The number of unbranched alkanes of at least 4 members (excludes halogenated alkanes) is 1. The Kier molecular flexibility index (Phi) is 6.95. The minimum Gasteiger partial charge on any atom is -0.497 e. The van der Waals surface area contributed by atoms with Crippen molar-refractivity contribution in [1.29, 1.82) is 0 Å². The third-order valence-electron chi connectivity index (χ3n) is 5.03. The molecule has 6 heteroatoms. The van der Waals surface area contributed by atoms with Crippen LogP contribution in [0.1, 0.15) is 18.7 Å². The maximum atomic E-state index is 6.22. The van der Waals surface area contributed by atoms with Gasteiger partial charge >= 0.3 is 0 Å². The van der Waals surface area contributed by atoms with Gasteiger partial charge in [0.15, 0.2) is 0 Å². The van der Waals surface area contributed by atoms with Crippen LogP contribution in [-0.2, 0) is 13.2 Å². The van der Waals surface area contributed by atoms with Gasteiger partial charge in [0.1, 0.15) is 29.7 Å². The summed E-state index contributed by atoms with van der Waals surface area (Å²) in [5.74, 6) is 3.22. The van der Waals surface area contributed by atoms with Crippen LogP contribution in [0.15, 0.2) is 72.8 Å². The molecule has 5 nitrogen and oxygen atoms in total. The molecule has 1 aromatic heterocycles. The molecule has 0 atom stereocenters. The third kappa shape index (κ3) is 5.30. The standard InChI is InChI=1S/C25H25ClN2O3/c1-29-19-12-14-20(15-13-19)30-17-7-6-16-28-23-10-4-3-9-22(23)27-25(28)18-31-24-11-5-2-8-21(24)26/h2-5,8-15H,6-7,16-18H2,1H3. The number of aromatic nitrogens is 2. The average molecular weight is 437 g/mol. The zero-order chi connectivity index (χ0) is 21.5. The predicted octanol–water partition coefficient (Wildman–Crippen LogP) is 6.14. The molecule has 31 heavy (non-hydrogen) atoms. The maximum absolute atomic E-state index is 6.22. The number of halogens is 1. The van der Waals surface area contributed by atoms with E-state index >= 15 is 0 Å². The topological polar surface area (TPSA) is 45.5 Å². The summed E-state index contributed by atoms with van der Waals surface area (Å²) in [4.78, 5) is 4.77. The molecular formula is C25H25ClN2O3. The van der Waals surface area contributed by atoms with E-state index in [-0.39, 0.29) is 0 Å². The van der Waals surface area contributed by atoms with Crippen molar-refractivity contribution in [2.45, 2.75) is 26.0 Å². The van der Waals surface area contributed by atoms with Crippen molar-refractivity contribution in [3.05, 3.63) is 83.6 Å². The fourth-order valence-corrected chi connectivity index (χ4v) is 3.61. The number of aryl methyl sites for hydroxylation is 1. The van der Waals surface area contributed by atoms with Crippen LogP contribution < -0.4 is 14.2 Å². The summed E-state index contributed by atoms with van der Waals surface area (Å²) in [7, 11) is 1.66. The van der Waals surface area contributed by atoms with E-state index in [0.717, 1.165) is 47.7 Å². The van der Waals surface area contributed by atoms with Gasteiger partial charge in [0.2, 0.25) is 0 Å². The molecule has 0 bridgehead atoms. The molecule has 0 aliphatic heterocycles. The summed E-state index contributed by atoms with van der Waals surface area (Å²) in [6.07, 6.45) is 1.90. The Bertz CT molecular complexity index is 1130. The fraction of sp³-hybridized carbons (Fsp3) is 0.240. The van der Waals surface area contributed by atoms with Crippen LogP contribution in [0.25, 0.3) is 11.0 Å². The molecule has 0 amide bonds. The van der Waals surface area contributed by atoms with E-state index in [2.05, 4.69) is 10.6 Å². The lowest BCUT2D eigenvalue weighted by Gasteiger charge is -2.12. The van der Waals surface area contributed by atoms with E-state index in [9.17, 15) is 0 Å². The van der Waals surface area contributed by atoms with Crippen LogP contribution >= 0.6 is 11.6 Å². The SMILES string of the molecule is COc1ccc(OCCCCn2c(COc3ccccc3Cl)nc3ccccc32)cc1. The average Bonchev–Trinajstić information content (AvgIpc) is 3.16. The molecule has 0 saturated carbocycles. The second-order valence-electron chi connectivity index (χ2n) is 7.12. The zero-order valence-corrected chi connectivity index (χ0v) is 18.2. The van der Waals surface area contributed by atoms with Gasteiger partial charge in [-0.05, 0) is 61.4 Å². The Balaban J connectivity index is 1.36. The summed E-state index contributed by atoms with van der Waals surface area (Å²) in [5, 5.41) is 0.598. The lowest BCUT2D eigenvalue weighted by Crippen LogP contribution is -2.09. The molecule has 0 aliphatic carbocycles. The van der Waals surface area contributed by atoms with Crippen LogP contribution in [0.2, 0.25) is 5.02 Å². The number of imidazole rings is 1. The van der Waals surface area contributed by atoms with E-state index < -0.39 is 0 Å². The van der Waals surface area contributed by atoms with E-state index in [1.807, 2.05) is 66.7 Å². The second kappa shape index (κ2) is 10.2. The van der Waals surface area contributed by atoms with Crippen molar-refractivity contribution in [1.82, 2.24) is 9.55 Å². The highest BCUT2D eigenvalue weighted by atomic mass is 35.5. The molecule has 4 rings (SSSR count). The predicted molar refractivity (Wildman–Crippen MR) is 123 cm³/mol. The zero-order valence-electron chi connectivity index (χ0n) is 17.5. The molecule has 4 aromatic rings. The molecule has 1 heterocycles. The van der Waals surface area contributed by atoms with Gasteiger partial charge in [0.25, 0.3) is 0 Å². The number of nitrogens with zero attached hydrogens (tertiary/aromatic N) is 2. The molecule has 160 valence electrons. The van der Waals surface area contributed by atoms with Gasteiger partial charge in [-0.25, -0.2) is 4.98 Å². The van der Waals surface area contributed by atoms with E-state index in [1.54, 1.807) is 7.11 Å². The minimum absolute atomic E-state index is 0.362. The lowest BCUT2D eigenvalue weighted by molar-refractivity contribution is 0.285. The summed E-state index contributed by atoms with van der Waals surface area (Å²) in [6.45, 7) is 1.86. The van der Waals surface area contributed by atoms with Gasteiger partial charge in [-0.15, -0.1) is 0 Å². The molecule has 0 N–H and O–H groups in total. The first-order valence-electron chi connectivity index (χ1n) is 10.3. The van der Waals surface area contributed by atoms with E-state index in [1.165, 1.54) is 0 Å². The molecule has 0 radical (unpaired) electrons. The van der Waals surface area contributed by atoms with Crippen molar-refractivity contribution in [3.8, 4) is 17.2 Å². The van der Waals surface area contributed by atoms with Gasteiger partial charge in [0.05, 0.1) is 29.8 Å². The van der Waals surface area contributed by atoms with Crippen LogP contribution in [0, 0.1) is 0 Å². The number of hydrogen-bond acceptors (Lipinski definition) is 4. The highest BCUT2D eigenvalue weighted by molar-refractivity contribution is 6.32. The van der Waals surface area contributed by atoms with Gasteiger partial charge in [-0.3, -0.25) is 0 Å². The van der Waals surface area contributed by atoms with Crippen molar-refractivity contribution >= 4 is 22.6 Å². The summed E-state index contributed by atoms with van der Waals surface area (Å²) < 4.78 is 19.2. The lowest BCUT2D eigenvalue weighted by atomic mass is 10.3. The Morgan fingerprint density at radius 2 is 1.58 bits per heavy atom. The molecular weight excluding hydrogens is 412 g/mol. The largest absolute Gasteiger partial charge is 0.497 e. The highest BCUT2D eigenvalue weighted by Gasteiger charge is 2.12.